The van der Waals surface area contributed by atoms with Crippen molar-refractivity contribution in [2.45, 2.75) is 51.0 Å². The molecule has 6 heteroatoms. The van der Waals surface area contributed by atoms with Crippen molar-refractivity contribution < 1.29 is 14.3 Å². The number of hydrogen-bond acceptors (Lipinski definition) is 4. The average molecular weight is 571 g/mol. The van der Waals surface area contributed by atoms with Crippen molar-refractivity contribution >= 4 is 43.4 Å². The van der Waals surface area contributed by atoms with E-state index in [9.17, 15) is 9.59 Å². The fourth-order valence-corrected chi connectivity index (χ4v) is 6.71. The first kappa shape index (κ1) is 22.6. The molecule has 170 valence electrons. The number of ketones is 2. The molecule has 0 bridgehead atoms. The number of carbonyl (C=O) groups excluding carboxylic acids is 2. The monoisotopic (exact) mass is 569 g/mol. The molecule has 0 spiro atoms. The molecule has 0 N–H and O–H groups in total. The first-order valence-electron chi connectivity index (χ1n) is 11.4. The van der Waals surface area contributed by atoms with Gasteiger partial charge < -0.3 is 9.64 Å². The van der Waals surface area contributed by atoms with Crippen molar-refractivity contribution in [2.24, 2.45) is 0 Å². The fraction of sp³-hybridized carbons (Fsp3) is 0.333. The molecule has 3 aliphatic rings. The second-order valence-electron chi connectivity index (χ2n) is 8.85. The summed E-state index contributed by atoms with van der Waals surface area (Å²) < 4.78 is 8.05. The van der Waals surface area contributed by atoms with E-state index in [0.717, 1.165) is 68.3 Å². The number of benzene rings is 2. The minimum Gasteiger partial charge on any atom is -0.487 e. The van der Waals surface area contributed by atoms with Gasteiger partial charge in [0.2, 0.25) is 0 Å². The molecule has 0 radical (unpaired) electrons. The summed E-state index contributed by atoms with van der Waals surface area (Å²) in [7, 11) is 2.02. The van der Waals surface area contributed by atoms with E-state index in [1.165, 1.54) is 0 Å². The third-order valence-corrected chi connectivity index (χ3v) is 7.87. The number of nitrogens with zero attached hydrogens (tertiary/aromatic N) is 1. The molecule has 0 atom stereocenters. The van der Waals surface area contributed by atoms with Crippen LogP contribution in [-0.2, 0) is 16.2 Å². The Balaban J connectivity index is 1.68. The van der Waals surface area contributed by atoms with E-state index in [0.29, 0.717) is 25.2 Å². The normalized spacial score (nSPS) is 19.1. The van der Waals surface area contributed by atoms with Crippen LogP contribution in [0.4, 0.5) is 0 Å². The van der Waals surface area contributed by atoms with Crippen LogP contribution in [-0.4, -0.2) is 23.5 Å². The van der Waals surface area contributed by atoms with E-state index in [4.69, 9.17) is 4.74 Å². The molecule has 0 aromatic heterocycles. The van der Waals surface area contributed by atoms with Gasteiger partial charge in [-0.3, -0.25) is 9.59 Å². The van der Waals surface area contributed by atoms with Crippen molar-refractivity contribution in [2.75, 3.05) is 7.05 Å². The molecular formula is C27H25Br2NO3. The largest absolute Gasteiger partial charge is 0.487 e. The number of rotatable bonds is 4. The lowest BCUT2D eigenvalue weighted by atomic mass is 9.71. The van der Waals surface area contributed by atoms with E-state index in [-0.39, 0.29) is 11.6 Å². The molecule has 1 heterocycles. The maximum absolute atomic E-state index is 13.3. The van der Waals surface area contributed by atoms with Crippen LogP contribution in [0.1, 0.15) is 55.6 Å². The first-order chi connectivity index (χ1) is 16.0. The van der Waals surface area contributed by atoms with Gasteiger partial charge in [-0.05, 0) is 59.3 Å². The number of ether oxygens (including phenoxy) is 1. The molecule has 2 aromatic rings. The van der Waals surface area contributed by atoms with Gasteiger partial charge >= 0.3 is 0 Å². The van der Waals surface area contributed by atoms with E-state index in [1.807, 2.05) is 49.5 Å². The van der Waals surface area contributed by atoms with Crippen molar-refractivity contribution in [3.8, 4) is 5.75 Å². The minimum absolute atomic E-state index is 0.142. The molecule has 0 saturated heterocycles. The zero-order chi connectivity index (χ0) is 23.1. The van der Waals surface area contributed by atoms with Crippen molar-refractivity contribution in [3.05, 3.63) is 85.1 Å². The van der Waals surface area contributed by atoms with Gasteiger partial charge in [0, 0.05) is 58.4 Å². The number of halogens is 2. The van der Waals surface area contributed by atoms with Gasteiger partial charge in [-0.15, -0.1) is 0 Å². The average Bonchev–Trinajstić information content (AvgIpc) is 2.80. The number of allylic oxidation sites excluding steroid dienone is 4. The maximum atomic E-state index is 13.3. The van der Waals surface area contributed by atoms with E-state index in [2.05, 4.69) is 36.8 Å². The SMILES string of the molecule is CN1C2=C(C(=O)CCC2)C(c2cc(Br)cc(Br)c2OCc2ccccc2)C2=C1CCCC2=O. The summed E-state index contributed by atoms with van der Waals surface area (Å²) >= 11 is 7.32. The number of Topliss-reactive ketones (excluding diaryl/α,β-unsaturated/α-hetero) is 2. The Bertz CT molecular complexity index is 1160. The highest BCUT2D eigenvalue weighted by Crippen LogP contribution is 2.52. The third-order valence-electron chi connectivity index (χ3n) is 6.82. The van der Waals surface area contributed by atoms with E-state index >= 15 is 0 Å². The number of carbonyl (C=O) groups is 2. The van der Waals surface area contributed by atoms with Gasteiger partial charge in [0.1, 0.15) is 12.4 Å². The molecule has 0 fully saturated rings. The van der Waals surface area contributed by atoms with Gasteiger partial charge in [0.25, 0.3) is 0 Å². The summed E-state index contributed by atoms with van der Waals surface area (Å²) in [5.41, 5.74) is 5.60. The lowest BCUT2D eigenvalue weighted by Gasteiger charge is -2.42. The van der Waals surface area contributed by atoms with Crippen LogP contribution in [0.2, 0.25) is 0 Å². The third kappa shape index (κ3) is 4.12. The van der Waals surface area contributed by atoms with E-state index < -0.39 is 5.92 Å². The molecule has 2 aromatic carbocycles. The predicted molar refractivity (Wildman–Crippen MR) is 135 cm³/mol. The minimum atomic E-state index is -0.397. The van der Waals surface area contributed by atoms with Crippen molar-refractivity contribution in [1.29, 1.82) is 0 Å². The van der Waals surface area contributed by atoms with Crippen molar-refractivity contribution in [3.63, 3.8) is 0 Å². The molecule has 0 amide bonds. The molecule has 2 aliphatic carbocycles. The smallest absolute Gasteiger partial charge is 0.161 e. The Hall–Kier alpha value is -2.18. The molecule has 0 saturated carbocycles. The fourth-order valence-electron chi connectivity index (χ4n) is 5.34. The lowest BCUT2D eigenvalue weighted by Crippen LogP contribution is -2.37. The second-order valence-corrected chi connectivity index (χ2v) is 10.6. The quantitative estimate of drug-likeness (QED) is 0.404. The van der Waals surface area contributed by atoms with Gasteiger partial charge in [0.05, 0.1) is 4.47 Å². The maximum Gasteiger partial charge on any atom is 0.161 e. The molecule has 1 aliphatic heterocycles. The summed E-state index contributed by atoms with van der Waals surface area (Å²) in [5, 5.41) is 0. The van der Waals surface area contributed by atoms with Gasteiger partial charge in [-0.1, -0.05) is 46.3 Å². The first-order valence-corrected chi connectivity index (χ1v) is 13.0. The molecule has 33 heavy (non-hydrogen) atoms. The van der Waals surface area contributed by atoms with Crippen LogP contribution in [0.5, 0.6) is 5.75 Å². The zero-order valence-corrected chi connectivity index (χ0v) is 21.7. The Morgan fingerprint density at radius 2 is 1.52 bits per heavy atom. The van der Waals surface area contributed by atoms with Crippen LogP contribution in [0.3, 0.4) is 0 Å². The molecule has 5 rings (SSSR count). The van der Waals surface area contributed by atoms with Gasteiger partial charge in [-0.2, -0.15) is 0 Å². The molecule has 4 nitrogen and oxygen atoms in total. The summed E-state index contributed by atoms with van der Waals surface area (Å²) in [6, 6.07) is 14.0. The highest BCUT2D eigenvalue weighted by molar-refractivity contribution is 9.11. The topological polar surface area (TPSA) is 46.6 Å². The summed E-state index contributed by atoms with van der Waals surface area (Å²) in [6.07, 6.45) is 4.46. The van der Waals surface area contributed by atoms with Crippen LogP contribution in [0.25, 0.3) is 0 Å². The van der Waals surface area contributed by atoms with Gasteiger partial charge in [-0.25, -0.2) is 0 Å². The second kappa shape index (κ2) is 9.22. The highest BCUT2D eigenvalue weighted by Gasteiger charge is 2.43. The summed E-state index contributed by atoms with van der Waals surface area (Å²) in [6.45, 7) is 0.403. The Kier molecular flexibility index (Phi) is 6.32. The number of hydrogen-bond donors (Lipinski definition) is 0. The standard InChI is InChI=1S/C27H25Br2NO3/c1-30-20-9-5-11-22(31)25(20)24(26-21(30)10-6-12-23(26)32)18-13-17(28)14-19(29)27(18)33-15-16-7-3-2-4-8-16/h2-4,7-8,13-14,24H,5-6,9-12,15H2,1H3. The van der Waals surface area contributed by atoms with Crippen LogP contribution in [0, 0.1) is 0 Å². The molecule has 0 unspecified atom stereocenters. The van der Waals surface area contributed by atoms with Gasteiger partial charge in [0.15, 0.2) is 11.6 Å². The van der Waals surface area contributed by atoms with Crippen LogP contribution < -0.4 is 4.74 Å². The predicted octanol–water partition coefficient (Wildman–Crippen LogP) is 6.83. The molecular weight excluding hydrogens is 546 g/mol. The van der Waals surface area contributed by atoms with E-state index in [1.54, 1.807) is 0 Å². The summed E-state index contributed by atoms with van der Waals surface area (Å²) in [4.78, 5) is 28.8. The zero-order valence-electron chi connectivity index (χ0n) is 18.5. The van der Waals surface area contributed by atoms with Crippen LogP contribution >= 0.6 is 31.9 Å². The highest BCUT2D eigenvalue weighted by atomic mass is 79.9. The Labute approximate surface area is 210 Å². The van der Waals surface area contributed by atoms with Crippen LogP contribution in [0.15, 0.2) is 74.0 Å². The Morgan fingerprint density at radius 3 is 2.12 bits per heavy atom. The summed E-state index contributed by atoms with van der Waals surface area (Å²) in [5.74, 6) is 0.574. The van der Waals surface area contributed by atoms with Crippen molar-refractivity contribution in [1.82, 2.24) is 4.90 Å². The lowest BCUT2D eigenvalue weighted by molar-refractivity contribution is -0.117. The Morgan fingerprint density at radius 1 is 0.909 bits per heavy atom.